The predicted octanol–water partition coefficient (Wildman–Crippen LogP) is 2.80. The molecular formula is C8H12Cl2O. The lowest BCUT2D eigenvalue weighted by atomic mass is 9.81. The first kappa shape index (κ1) is 9.34. The van der Waals surface area contributed by atoms with Crippen molar-refractivity contribution in [2.24, 2.45) is 11.8 Å². The first-order valence-electron chi connectivity index (χ1n) is 3.96. The van der Waals surface area contributed by atoms with Gasteiger partial charge >= 0.3 is 0 Å². The fraction of sp³-hybridized carbons (Fsp3) is 0.875. The van der Waals surface area contributed by atoms with Gasteiger partial charge < -0.3 is 0 Å². The van der Waals surface area contributed by atoms with Crippen LogP contribution in [0.4, 0.5) is 0 Å². The number of rotatable bonds is 1. The van der Waals surface area contributed by atoms with Crippen molar-refractivity contribution in [3.8, 4) is 0 Å². The lowest BCUT2D eigenvalue weighted by Crippen LogP contribution is -2.30. The van der Waals surface area contributed by atoms with Gasteiger partial charge in [-0.1, -0.05) is 13.3 Å². The van der Waals surface area contributed by atoms with Crippen molar-refractivity contribution in [2.45, 2.75) is 31.6 Å². The molecule has 0 heterocycles. The Morgan fingerprint density at radius 3 is 2.55 bits per heavy atom. The smallest absolute Gasteiger partial charge is 0.225 e. The second-order valence-electron chi connectivity index (χ2n) is 3.22. The summed E-state index contributed by atoms with van der Waals surface area (Å²) in [6.45, 7) is 2.00. The van der Waals surface area contributed by atoms with Gasteiger partial charge in [-0.3, -0.25) is 4.79 Å². The second kappa shape index (κ2) is 3.77. The van der Waals surface area contributed by atoms with E-state index in [2.05, 4.69) is 0 Å². The summed E-state index contributed by atoms with van der Waals surface area (Å²) >= 11 is 11.4. The van der Waals surface area contributed by atoms with Gasteiger partial charge in [0.05, 0.1) is 0 Å². The highest BCUT2D eigenvalue weighted by Gasteiger charge is 2.32. The number of alkyl halides is 1. The van der Waals surface area contributed by atoms with E-state index in [4.69, 9.17) is 23.2 Å². The highest BCUT2D eigenvalue weighted by atomic mass is 35.5. The maximum Gasteiger partial charge on any atom is 0.225 e. The average Bonchev–Trinajstić information content (AvgIpc) is 1.94. The van der Waals surface area contributed by atoms with E-state index in [1.165, 1.54) is 0 Å². The molecule has 0 bridgehead atoms. The van der Waals surface area contributed by atoms with E-state index in [1.54, 1.807) is 0 Å². The molecule has 0 aromatic heterocycles. The quantitative estimate of drug-likeness (QED) is 0.464. The highest BCUT2D eigenvalue weighted by molar-refractivity contribution is 6.64. The second-order valence-corrected chi connectivity index (χ2v) is 4.15. The van der Waals surface area contributed by atoms with Crippen LogP contribution in [0.15, 0.2) is 0 Å². The summed E-state index contributed by atoms with van der Waals surface area (Å²) in [5.41, 5.74) is 0. The first-order chi connectivity index (χ1) is 5.13. The largest absolute Gasteiger partial charge is 0.281 e. The summed E-state index contributed by atoms with van der Waals surface area (Å²) in [7, 11) is 0. The molecule has 0 N–H and O–H groups in total. The van der Waals surface area contributed by atoms with E-state index < -0.39 is 0 Å². The number of hydrogen-bond acceptors (Lipinski definition) is 1. The van der Waals surface area contributed by atoms with E-state index in [1.807, 2.05) is 6.92 Å². The fourth-order valence-electron chi connectivity index (χ4n) is 1.63. The minimum Gasteiger partial charge on any atom is -0.281 e. The van der Waals surface area contributed by atoms with Gasteiger partial charge in [-0.05, 0) is 30.4 Å². The number of carbonyl (C=O) groups is 1. The predicted molar refractivity (Wildman–Crippen MR) is 47.0 cm³/mol. The highest BCUT2D eigenvalue weighted by Crippen LogP contribution is 2.34. The molecule has 1 aliphatic carbocycles. The van der Waals surface area contributed by atoms with Gasteiger partial charge in [0.1, 0.15) is 0 Å². The van der Waals surface area contributed by atoms with Crippen LogP contribution in [0.5, 0.6) is 0 Å². The Morgan fingerprint density at radius 1 is 1.45 bits per heavy atom. The van der Waals surface area contributed by atoms with Crippen molar-refractivity contribution < 1.29 is 4.79 Å². The van der Waals surface area contributed by atoms with Crippen LogP contribution in [0, 0.1) is 11.8 Å². The van der Waals surface area contributed by atoms with Crippen LogP contribution in [-0.4, -0.2) is 10.6 Å². The third kappa shape index (κ3) is 2.09. The molecule has 0 aromatic carbocycles. The van der Waals surface area contributed by atoms with Gasteiger partial charge in [-0.25, -0.2) is 0 Å². The van der Waals surface area contributed by atoms with Crippen molar-refractivity contribution in [2.75, 3.05) is 0 Å². The topological polar surface area (TPSA) is 17.1 Å². The van der Waals surface area contributed by atoms with Crippen molar-refractivity contribution >= 4 is 28.4 Å². The zero-order valence-electron chi connectivity index (χ0n) is 6.52. The maximum absolute atomic E-state index is 10.9. The molecule has 1 rings (SSSR count). The van der Waals surface area contributed by atoms with E-state index in [-0.39, 0.29) is 22.5 Å². The lowest BCUT2D eigenvalue weighted by molar-refractivity contribution is -0.117. The molecule has 0 saturated heterocycles. The monoisotopic (exact) mass is 194 g/mol. The number of hydrogen-bond donors (Lipinski definition) is 0. The third-order valence-corrected chi connectivity index (χ3v) is 3.39. The molecule has 1 aliphatic rings. The zero-order valence-corrected chi connectivity index (χ0v) is 8.03. The summed E-state index contributed by atoms with van der Waals surface area (Å²) in [4.78, 5) is 10.9. The van der Waals surface area contributed by atoms with Crippen LogP contribution in [0.3, 0.4) is 0 Å². The maximum atomic E-state index is 10.9. The third-order valence-electron chi connectivity index (χ3n) is 2.49. The molecule has 1 saturated carbocycles. The van der Waals surface area contributed by atoms with Crippen LogP contribution in [0.2, 0.25) is 0 Å². The zero-order chi connectivity index (χ0) is 8.43. The molecule has 3 heteroatoms. The molecule has 64 valence electrons. The van der Waals surface area contributed by atoms with Gasteiger partial charge in [0.2, 0.25) is 5.24 Å². The molecule has 1 nitrogen and oxygen atoms in total. The Hall–Kier alpha value is 0.250. The molecule has 0 unspecified atom stereocenters. The van der Waals surface area contributed by atoms with Crippen LogP contribution in [0.25, 0.3) is 0 Å². The Balaban J connectivity index is 2.58. The van der Waals surface area contributed by atoms with E-state index in [0.29, 0.717) is 0 Å². The molecule has 0 amide bonds. The Kier molecular flexibility index (Phi) is 3.20. The lowest BCUT2D eigenvalue weighted by Gasteiger charge is -2.29. The van der Waals surface area contributed by atoms with Gasteiger partial charge in [-0.2, -0.15) is 0 Å². The molecule has 0 spiro atoms. The molecule has 0 aliphatic heterocycles. The molecule has 3 atom stereocenters. The number of carbonyl (C=O) groups excluding carboxylic acids is 1. The van der Waals surface area contributed by atoms with Crippen LogP contribution in [-0.2, 0) is 4.79 Å². The van der Waals surface area contributed by atoms with E-state index >= 15 is 0 Å². The van der Waals surface area contributed by atoms with Crippen molar-refractivity contribution in [1.82, 2.24) is 0 Å². The summed E-state index contributed by atoms with van der Waals surface area (Å²) in [5, 5.41) is -0.0840. The van der Waals surface area contributed by atoms with Crippen LogP contribution >= 0.6 is 23.2 Å². The SMILES string of the molecule is C[C@H]1[C@H](Cl)CCC[C@H]1C(=O)Cl. The van der Waals surface area contributed by atoms with Gasteiger partial charge in [0, 0.05) is 11.3 Å². The minimum absolute atomic E-state index is 0.00656. The Labute approximate surface area is 77.1 Å². The molecule has 1 fully saturated rings. The van der Waals surface area contributed by atoms with Crippen molar-refractivity contribution in [1.29, 1.82) is 0 Å². The van der Waals surface area contributed by atoms with Crippen LogP contribution < -0.4 is 0 Å². The van der Waals surface area contributed by atoms with Crippen LogP contribution in [0.1, 0.15) is 26.2 Å². The fourth-order valence-corrected chi connectivity index (χ4v) is 2.27. The van der Waals surface area contributed by atoms with Gasteiger partial charge in [0.25, 0.3) is 0 Å². The summed E-state index contributed by atoms with van der Waals surface area (Å²) in [6.07, 6.45) is 2.96. The van der Waals surface area contributed by atoms with E-state index in [0.717, 1.165) is 19.3 Å². The summed E-state index contributed by atoms with van der Waals surface area (Å²) in [5.74, 6) is 0.239. The minimum atomic E-state index is -0.220. The average molecular weight is 195 g/mol. The molecule has 0 radical (unpaired) electrons. The first-order valence-corrected chi connectivity index (χ1v) is 4.77. The Morgan fingerprint density at radius 2 is 2.09 bits per heavy atom. The molecule has 0 aromatic rings. The summed E-state index contributed by atoms with van der Waals surface area (Å²) < 4.78 is 0. The molecule has 11 heavy (non-hydrogen) atoms. The normalized spacial score (nSPS) is 38.6. The summed E-state index contributed by atoms with van der Waals surface area (Å²) in [6, 6.07) is 0. The number of halogens is 2. The molecular weight excluding hydrogens is 183 g/mol. The Bertz CT molecular complexity index is 158. The van der Waals surface area contributed by atoms with E-state index in [9.17, 15) is 4.79 Å². The van der Waals surface area contributed by atoms with Crippen molar-refractivity contribution in [3.05, 3.63) is 0 Å². The van der Waals surface area contributed by atoms with Gasteiger partial charge in [-0.15, -0.1) is 11.6 Å². The van der Waals surface area contributed by atoms with Gasteiger partial charge in [0.15, 0.2) is 0 Å². The van der Waals surface area contributed by atoms with Crippen molar-refractivity contribution in [3.63, 3.8) is 0 Å². The standard InChI is InChI=1S/C8H12Cl2O/c1-5-6(8(10)11)3-2-4-7(5)9/h5-7H,2-4H2,1H3/t5-,6-,7-/m1/s1.